The Morgan fingerprint density at radius 3 is 2.79 bits per heavy atom. The summed E-state index contributed by atoms with van der Waals surface area (Å²) in [6.45, 7) is 0. The SMILES string of the molecule is C#CCCCC(=O)c1ccccc1F. The summed E-state index contributed by atoms with van der Waals surface area (Å²) in [6, 6.07) is 5.99. The Morgan fingerprint density at radius 1 is 1.43 bits per heavy atom. The number of Topliss-reactive ketones (excluding diaryl/α,β-unsaturated/α-hetero) is 1. The molecule has 0 unspecified atom stereocenters. The minimum atomic E-state index is -0.460. The third-order valence-corrected chi connectivity index (χ3v) is 1.90. The van der Waals surface area contributed by atoms with Gasteiger partial charge in [-0.25, -0.2) is 4.39 Å². The molecule has 0 aliphatic heterocycles. The van der Waals surface area contributed by atoms with E-state index in [0.717, 1.165) is 0 Å². The molecule has 0 aromatic heterocycles. The average molecular weight is 190 g/mol. The zero-order valence-corrected chi connectivity index (χ0v) is 7.79. The second-order valence-electron chi connectivity index (χ2n) is 2.96. The van der Waals surface area contributed by atoms with Crippen LogP contribution in [0.5, 0.6) is 0 Å². The molecule has 0 N–H and O–H groups in total. The van der Waals surface area contributed by atoms with Crippen LogP contribution in [0, 0.1) is 18.2 Å². The Hall–Kier alpha value is -1.62. The molecular formula is C12H11FO. The van der Waals surface area contributed by atoms with Crippen molar-refractivity contribution in [2.75, 3.05) is 0 Å². The lowest BCUT2D eigenvalue weighted by Gasteiger charge is -2.00. The van der Waals surface area contributed by atoms with Gasteiger partial charge in [0.2, 0.25) is 0 Å². The van der Waals surface area contributed by atoms with Crippen LogP contribution in [0.1, 0.15) is 29.6 Å². The Kier molecular flexibility index (Phi) is 3.87. The molecule has 0 heterocycles. The van der Waals surface area contributed by atoms with E-state index in [9.17, 15) is 9.18 Å². The Balaban J connectivity index is 2.62. The fourth-order valence-electron chi connectivity index (χ4n) is 1.17. The van der Waals surface area contributed by atoms with Gasteiger partial charge in [0.05, 0.1) is 5.56 Å². The van der Waals surface area contributed by atoms with Crippen molar-refractivity contribution in [2.45, 2.75) is 19.3 Å². The number of carbonyl (C=O) groups excluding carboxylic acids is 1. The molecule has 0 saturated carbocycles. The van der Waals surface area contributed by atoms with E-state index < -0.39 is 5.82 Å². The summed E-state index contributed by atoms with van der Waals surface area (Å²) < 4.78 is 13.1. The van der Waals surface area contributed by atoms with Crippen molar-refractivity contribution in [1.82, 2.24) is 0 Å². The van der Waals surface area contributed by atoms with Crippen LogP contribution in [0.3, 0.4) is 0 Å². The van der Waals surface area contributed by atoms with Crippen LogP contribution < -0.4 is 0 Å². The van der Waals surface area contributed by atoms with Gasteiger partial charge in [0, 0.05) is 12.8 Å². The Labute approximate surface area is 82.9 Å². The number of benzene rings is 1. The van der Waals surface area contributed by atoms with Gasteiger partial charge in [-0.05, 0) is 18.6 Å². The molecule has 0 atom stereocenters. The lowest BCUT2D eigenvalue weighted by Crippen LogP contribution is -2.01. The van der Waals surface area contributed by atoms with Gasteiger partial charge in [-0.15, -0.1) is 12.3 Å². The molecule has 1 aromatic carbocycles. The normalized spacial score (nSPS) is 9.43. The fourth-order valence-corrected chi connectivity index (χ4v) is 1.17. The van der Waals surface area contributed by atoms with E-state index in [2.05, 4.69) is 5.92 Å². The summed E-state index contributed by atoms with van der Waals surface area (Å²) in [5, 5.41) is 0. The number of terminal acetylenes is 1. The number of carbonyl (C=O) groups is 1. The number of unbranched alkanes of at least 4 members (excludes halogenated alkanes) is 1. The van der Waals surface area contributed by atoms with Gasteiger partial charge in [-0.1, -0.05) is 12.1 Å². The minimum absolute atomic E-state index is 0.157. The topological polar surface area (TPSA) is 17.1 Å². The van der Waals surface area contributed by atoms with Crippen LogP contribution in [-0.4, -0.2) is 5.78 Å². The maximum atomic E-state index is 13.1. The van der Waals surface area contributed by atoms with Gasteiger partial charge in [0.15, 0.2) is 5.78 Å². The van der Waals surface area contributed by atoms with Gasteiger partial charge < -0.3 is 0 Å². The van der Waals surface area contributed by atoms with E-state index in [-0.39, 0.29) is 11.3 Å². The predicted molar refractivity (Wildman–Crippen MR) is 53.4 cm³/mol. The smallest absolute Gasteiger partial charge is 0.165 e. The molecule has 1 nitrogen and oxygen atoms in total. The molecule has 2 heteroatoms. The molecule has 0 saturated heterocycles. The highest BCUT2D eigenvalue weighted by atomic mass is 19.1. The molecule has 72 valence electrons. The minimum Gasteiger partial charge on any atom is -0.294 e. The van der Waals surface area contributed by atoms with Crippen molar-refractivity contribution in [3.63, 3.8) is 0 Å². The highest BCUT2D eigenvalue weighted by Crippen LogP contribution is 2.10. The van der Waals surface area contributed by atoms with Gasteiger partial charge in [0.1, 0.15) is 5.82 Å². The summed E-state index contributed by atoms with van der Waals surface area (Å²) >= 11 is 0. The van der Waals surface area contributed by atoms with Crippen LogP contribution in [0.4, 0.5) is 4.39 Å². The van der Waals surface area contributed by atoms with Gasteiger partial charge in [0.25, 0.3) is 0 Å². The molecule has 1 rings (SSSR count). The van der Waals surface area contributed by atoms with Gasteiger partial charge >= 0.3 is 0 Å². The zero-order chi connectivity index (χ0) is 10.4. The molecule has 1 aromatic rings. The number of halogens is 1. The first-order valence-corrected chi connectivity index (χ1v) is 4.47. The van der Waals surface area contributed by atoms with E-state index in [0.29, 0.717) is 19.3 Å². The van der Waals surface area contributed by atoms with Crippen molar-refractivity contribution in [1.29, 1.82) is 0 Å². The van der Waals surface area contributed by atoms with E-state index in [1.165, 1.54) is 12.1 Å². The summed E-state index contributed by atoms with van der Waals surface area (Å²) in [5.41, 5.74) is 0.157. The Bertz CT molecular complexity index is 363. The quantitative estimate of drug-likeness (QED) is 0.405. The molecule has 0 bridgehead atoms. The van der Waals surface area contributed by atoms with Crippen molar-refractivity contribution in [2.24, 2.45) is 0 Å². The molecule has 0 aliphatic rings. The number of hydrogen-bond acceptors (Lipinski definition) is 1. The van der Waals surface area contributed by atoms with E-state index in [1.807, 2.05) is 0 Å². The standard InChI is InChI=1S/C12H11FO/c1-2-3-4-9-12(14)10-7-5-6-8-11(10)13/h1,5-8H,3-4,9H2. The van der Waals surface area contributed by atoms with Crippen LogP contribution >= 0.6 is 0 Å². The van der Waals surface area contributed by atoms with Crippen LogP contribution in [-0.2, 0) is 0 Å². The van der Waals surface area contributed by atoms with Gasteiger partial charge in [-0.2, -0.15) is 0 Å². The number of rotatable bonds is 4. The summed E-state index contributed by atoms with van der Waals surface area (Å²) in [6.07, 6.45) is 6.53. The molecule has 14 heavy (non-hydrogen) atoms. The average Bonchev–Trinajstić information content (AvgIpc) is 2.18. The first-order chi connectivity index (χ1) is 6.75. The summed E-state index contributed by atoms with van der Waals surface area (Å²) in [7, 11) is 0. The lowest BCUT2D eigenvalue weighted by molar-refractivity contribution is 0.0976. The van der Waals surface area contributed by atoms with Crippen molar-refractivity contribution >= 4 is 5.78 Å². The highest BCUT2D eigenvalue weighted by molar-refractivity contribution is 5.96. The fraction of sp³-hybridized carbons (Fsp3) is 0.250. The predicted octanol–water partition coefficient (Wildman–Crippen LogP) is 2.81. The molecule has 0 radical (unpaired) electrons. The van der Waals surface area contributed by atoms with E-state index in [4.69, 9.17) is 6.42 Å². The largest absolute Gasteiger partial charge is 0.294 e. The zero-order valence-electron chi connectivity index (χ0n) is 7.79. The van der Waals surface area contributed by atoms with Crippen molar-refractivity contribution < 1.29 is 9.18 Å². The van der Waals surface area contributed by atoms with Crippen molar-refractivity contribution in [3.05, 3.63) is 35.6 Å². The molecular weight excluding hydrogens is 179 g/mol. The molecule has 0 aliphatic carbocycles. The molecule has 0 spiro atoms. The van der Waals surface area contributed by atoms with E-state index in [1.54, 1.807) is 12.1 Å². The maximum absolute atomic E-state index is 13.1. The molecule has 0 amide bonds. The number of ketones is 1. The maximum Gasteiger partial charge on any atom is 0.165 e. The van der Waals surface area contributed by atoms with Gasteiger partial charge in [-0.3, -0.25) is 4.79 Å². The first-order valence-electron chi connectivity index (χ1n) is 4.47. The van der Waals surface area contributed by atoms with Crippen LogP contribution in [0.2, 0.25) is 0 Å². The second-order valence-corrected chi connectivity index (χ2v) is 2.96. The summed E-state index contributed by atoms with van der Waals surface area (Å²) in [5.74, 6) is 1.80. The van der Waals surface area contributed by atoms with Crippen molar-refractivity contribution in [3.8, 4) is 12.3 Å². The second kappa shape index (κ2) is 5.18. The Morgan fingerprint density at radius 2 is 2.14 bits per heavy atom. The lowest BCUT2D eigenvalue weighted by atomic mass is 10.1. The van der Waals surface area contributed by atoms with E-state index >= 15 is 0 Å². The van der Waals surface area contributed by atoms with Crippen LogP contribution in [0.15, 0.2) is 24.3 Å². The monoisotopic (exact) mass is 190 g/mol. The van der Waals surface area contributed by atoms with Crippen LogP contribution in [0.25, 0.3) is 0 Å². The third kappa shape index (κ3) is 2.70. The third-order valence-electron chi connectivity index (χ3n) is 1.90. The first kappa shape index (κ1) is 10.5. The molecule has 0 fully saturated rings. The highest BCUT2D eigenvalue weighted by Gasteiger charge is 2.09. The summed E-state index contributed by atoms with van der Waals surface area (Å²) in [4.78, 5) is 11.4. The number of hydrogen-bond donors (Lipinski definition) is 0.